The van der Waals surface area contributed by atoms with Gasteiger partial charge < -0.3 is 19.2 Å². The summed E-state index contributed by atoms with van der Waals surface area (Å²) in [6.07, 6.45) is -3.52. The predicted molar refractivity (Wildman–Crippen MR) is 123 cm³/mol. The number of aryl methyl sites for hydroxylation is 2. The van der Waals surface area contributed by atoms with E-state index in [1.165, 1.54) is 19.1 Å². The van der Waals surface area contributed by atoms with E-state index in [9.17, 15) is 22.8 Å². The number of halogens is 3. The number of carbonyl (C=O) groups is 2. The summed E-state index contributed by atoms with van der Waals surface area (Å²) in [4.78, 5) is 29.1. The predicted octanol–water partition coefficient (Wildman–Crippen LogP) is 5.17. The van der Waals surface area contributed by atoms with Gasteiger partial charge in [0, 0.05) is 37.6 Å². The minimum absolute atomic E-state index is 0.0172. The van der Waals surface area contributed by atoms with Gasteiger partial charge in [0.15, 0.2) is 5.76 Å². The van der Waals surface area contributed by atoms with Gasteiger partial charge in [0.25, 0.3) is 0 Å². The first kappa shape index (κ1) is 25.3. The summed E-state index contributed by atoms with van der Waals surface area (Å²) in [5.74, 6) is 0.300. The van der Waals surface area contributed by atoms with Gasteiger partial charge in [-0.2, -0.15) is 13.2 Å². The van der Waals surface area contributed by atoms with Crippen LogP contribution in [0.15, 0.2) is 40.8 Å². The maximum Gasteiger partial charge on any atom is 0.416 e. The van der Waals surface area contributed by atoms with Gasteiger partial charge >= 0.3 is 12.1 Å². The highest BCUT2D eigenvalue weighted by Crippen LogP contribution is 2.34. The fraction of sp³-hybridized carbons (Fsp3) is 0.346. The molecular weight excluding hydrogens is 477 g/mol. The number of carbonyl (C=O) groups excluding carboxylic acids is 1. The number of rotatable bonds is 7. The lowest BCUT2D eigenvalue weighted by Crippen LogP contribution is -2.35. The maximum absolute atomic E-state index is 12.8. The first-order valence-electron chi connectivity index (χ1n) is 11.4. The van der Waals surface area contributed by atoms with E-state index in [1.54, 1.807) is 17.9 Å². The number of carboxylic acid groups (broad SMARTS) is 1. The number of fused-ring (bicyclic) bond motifs is 1. The molecular formula is C26H25F3N2O5. The van der Waals surface area contributed by atoms with Crippen molar-refractivity contribution in [1.29, 1.82) is 0 Å². The number of nitrogens with zero attached hydrogens (tertiary/aromatic N) is 2. The lowest BCUT2D eigenvalue weighted by atomic mass is 9.91. The van der Waals surface area contributed by atoms with Crippen LogP contribution < -0.4 is 4.74 Å². The maximum atomic E-state index is 12.8. The quantitative estimate of drug-likeness (QED) is 0.479. The Morgan fingerprint density at radius 1 is 1.14 bits per heavy atom. The molecule has 4 rings (SSSR count). The summed E-state index contributed by atoms with van der Waals surface area (Å²) in [6.45, 7) is 4.20. The molecule has 0 saturated heterocycles. The van der Waals surface area contributed by atoms with Gasteiger partial charge in [0.05, 0.1) is 11.3 Å². The van der Waals surface area contributed by atoms with Gasteiger partial charge in [-0.05, 0) is 61.2 Å². The van der Waals surface area contributed by atoms with E-state index in [2.05, 4.69) is 4.98 Å². The highest BCUT2D eigenvalue weighted by Gasteiger charge is 2.30. The summed E-state index contributed by atoms with van der Waals surface area (Å²) in [7, 11) is 0. The van der Waals surface area contributed by atoms with Crippen molar-refractivity contribution in [3.05, 3.63) is 70.1 Å². The number of alkyl halides is 3. The SMILES string of the molecule is CC(=O)N1CCc2c(OCc3oc(-c4ccc(C(F)(F)F)cc4)nc3C)ccc(CCC(=O)O)c2C1. The number of oxazole rings is 1. The first-order valence-corrected chi connectivity index (χ1v) is 11.4. The third kappa shape index (κ3) is 5.53. The average molecular weight is 502 g/mol. The number of hydrogen-bond acceptors (Lipinski definition) is 5. The van der Waals surface area contributed by atoms with Crippen molar-refractivity contribution in [2.45, 2.75) is 52.4 Å². The number of aliphatic carboxylic acids is 1. The molecule has 1 aliphatic heterocycles. The Balaban J connectivity index is 1.54. The van der Waals surface area contributed by atoms with Gasteiger partial charge in [-0.25, -0.2) is 4.98 Å². The molecule has 0 unspecified atom stereocenters. The van der Waals surface area contributed by atoms with Crippen molar-refractivity contribution >= 4 is 11.9 Å². The fourth-order valence-electron chi connectivity index (χ4n) is 4.22. The van der Waals surface area contributed by atoms with Gasteiger partial charge in [-0.1, -0.05) is 6.07 Å². The highest BCUT2D eigenvalue weighted by atomic mass is 19.4. The average Bonchev–Trinajstić information content (AvgIpc) is 3.21. The molecule has 1 N–H and O–H groups in total. The molecule has 1 amide bonds. The van der Waals surface area contributed by atoms with E-state index in [1.807, 2.05) is 6.07 Å². The summed E-state index contributed by atoms with van der Waals surface area (Å²) >= 11 is 0. The second-order valence-corrected chi connectivity index (χ2v) is 8.66. The third-order valence-corrected chi connectivity index (χ3v) is 6.23. The number of amides is 1. The smallest absolute Gasteiger partial charge is 0.416 e. The molecule has 2 aromatic carbocycles. The molecule has 0 bridgehead atoms. The van der Waals surface area contributed by atoms with Gasteiger partial charge in [0.1, 0.15) is 12.4 Å². The van der Waals surface area contributed by atoms with Crippen LogP contribution in [-0.2, 0) is 41.8 Å². The third-order valence-electron chi connectivity index (χ3n) is 6.23. The first-order chi connectivity index (χ1) is 17.0. The van der Waals surface area contributed by atoms with Crippen molar-refractivity contribution in [3.8, 4) is 17.2 Å². The molecule has 0 fully saturated rings. The van der Waals surface area contributed by atoms with Crippen LogP contribution in [-0.4, -0.2) is 33.4 Å². The van der Waals surface area contributed by atoms with E-state index >= 15 is 0 Å². The number of benzene rings is 2. The summed E-state index contributed by atoms with van der Waals surface area (Å²) < 4.78 is 50.4. The van der Waals surface area contributed by atoms with Crippen molar-refractivity contribution in [2.24, 2.45) is 0 Å². The number of aromatic nitrogens is 1. The van der Waals surface area contributed by atoms with Crippen LogP contribution in [0, 0.1) is 6.92 Å². The normalized spacial score (nSPS) is 13.4. The summed E-state index contributed by atoms with van der Waals surface area (Å²) in [6, 6.07) is 8.20. The van der Waals surface area contributed by atoms with E-state index < -0.39 is 17.7 Å². The van der Waals surface area contributed by atoms with Crippen LogP contribution >= 0.6 is 0 Å². The Morgan fingerprint density at radius 3 is 2.50 bits per heavy atom. The van der Waals surface area contributed by atoms with Crippen LogP contribution in [0.5, 0.6) is 5.75 Å². The van der Waals surface area contributed by atoms with Crippen LogP contribution in [0.2, 0.25) is 0 Å². The van der Waals surface area contributed by atoms with E-state index in [-0.39, 0.29) is 24.8 Å². The molecule has 36 heavy (non-hydrogen) atoms. The molecule has 0 atom stereocenters. The molecule has 0 spiro atoms. The van der Waals surface area contributed by atoms with Crippen molar-refractivity contribution in [2.75, 3.05) is 6.54 Å². The molecule has 1 aromatic heterocycles. The zero-order valence-corrected chi connectivity index (χ0v) is 19.8. The molecule has 7 nitrogen and oxygen atoms in total. The van der Waals surface area contributed by atoms with Crippen LogP contribution in [0.25, 0.3) is 11.5 Å². The molecule has 3 aromatic rings. The van der Waals surface area contributed by atoms with Crippen molar-refractivity contribution in [3.63, 3.8) is 0 Å². The summed E-state index contributed by atoms with van der Waals surface area (Å²) in [5, 5.41) is 9.09. The largest absolute Gasteiger partial charge is 0.485 e. The molecule has 1 aliphatic rings. The Kier molecular flexibility index (Phi) is 7.05. The second kappa shape index (κ2) is 10.0. The molecule has 0 saturated carbocycles. The molecule has 0 radical (unpaired) electrons. The zero-order chi connectivity index (χ0) is 26.0. The standard InChI is InChI=1S/C26H25F3N2O5/c1-15-23(36-25(30-15)18-3-7-19(8-4-18)26(27,28)29)14-35-22-9-5-17(6-10-24(33)34)21-13-31(16(2)32)12-11-20(21)22/h3-5,7-9H,6,10-14H2,1-2H3,(H,33,34). The van der Waals surface area contributed by atoms with E-state index in [4.69, 9.17) is 14.3 Å². The van der Waals surface area contributed by atoms with E-state index in [0.29, 0.717) is 48.7 Å². The molecule has 10 heteroatoms. The summed E-state index contributed by atoms with van der Waals surface area (Å²) in [5.41, 5.74) is 2.91. The Bertz CT molecular complexity index is 1280. The van der Waals surface area contributed by atoms with Crippen LogP contribution in [0.4, 0.5) is 13.2 Å². The Hall–Kier alpha value is -3.82. The number of carboxylic acids is 1. The molecule has 190 valence electrons. The van der Waals surface area contributed by atoms with Crippen molar-refractivity contribution in [1.82, 2.24) is 9.88 Å². The van der Waals surface area contributed by atoms with Gasteiger partial charge in [-0.15, -0.1) is 0 Å². The monoisotopic (exact) mass is 502 g/mol. The second-order valence-electron chi connectivity index (χ2n) is 8.66. The number of ether oxygens (including phenoxy) is 1. The van der Waals surface area contributed by atoms with Crippen molar-refractivity contribution < 1.29 is 37.0 Å². The lowest BCUT2D eigenvalue weighted by Gasteiger charge is -2.31. The van der Waals surface area contributed by atoms with E-state index in [0.717, 1.165) is 28.8 Å². The Morgan fingerprint density at radius 2 is 1.86 bits per heavy atom. The molecule has 2 heterocycles. The minimum atomic E-state index is -4.42. The Labute approximate surface area is 205 Å². The molecule has 0 aliphatic carbocycles. The fourth-order valence-corrected chi connectivity index (χ4v) is 4.22. The highest BCUT2D eigenvalue weighted by molar-refractivity contribution is 5.74. The minimum Gasteiger partial charge on any atom is -0.485 e. The van der Waals surface area contributed by atoms with Crippen LogP contribution in [0.3, 0.4) is 0 Å². The number of hydrogen-bond donors (Lipinski definition) is 1. The lowest BCUT2D eigenvalue weighted by molar-refractivity contribution is -0.138. The topological polar surface area (TPSA) is 92.9 Å². The zero-order valence-electron chi connectivity index (χ0n) is 19.8. The van der Waals surface area contributed by atoms with Crippen LogP contribution in [0.1, 0.15) is 47.1 Å². The van der Waals surface area contributed by atoms with Gasteiger partial charge in [0.2, 0.25) is 11.8 Å². The van der Waals surface area contributed by atoms with Gasteiger partial charge in [-0.3, -0.25) is 9.59 Å².